The molecule has 0 unspecified atom stereocenters. The number of nitrogens with two attached hydrogens (primary N) is 1. The Labute approximate surface area is 181 Å². The van der Waals surface area contributed by atoms with Gasteiger partial charge in [-0.2, -0.15) is 8.78 Å². The van der Waals surface area contributed by atoms with Gasteiger partial charge in [0.2, 0.25) is 0 Å². The van der Waals surface area contributed by atoms with Crippen LogP contribution in [0, 0.1) is 11.7 Å². The zero-order chi connectivity index (χ0) is 22.2. The number of carbonyl (C=O) groups excluding carboxylic acids is 1. The topological polar surface area (TPSA) is 86.8 Å². The van der Waals surface area contributed by atoms with Crippen LogP contribution in [-0.4, -0.2) is 41.0 Å². The Kier molecular flexibility index (Phi) is 5.94. The van der Waals surface area contributed by atoms with Gasteiger partial charge in [-0.15, -0.1) is 0 Å². The van der Waals surface area contributed by atoms with E-state index in [9.17, 15) is 18.0 Å². The highest BCUT2D eigenvalue weighted by molar-refractivity contribution is 8.13. The van der Waals surface area contributed by atoms with Crippen molar-refractivity contribution in [1.82, 2.24) is 4.98 Å². The van der Waals surface area contributed by atoms with Crippen molar-refractivity contribution in [2.24, 2.45) is 16.6 Å². The summed E-state index contributed by atoms with van der Waals surface area (Å²) >= 11 is 1.42. The maximum Gasteiger partial charge on any atom is 0.387 e. The number of Topliss-reactive ketones (excluding diaryl/α,β-unsaturated/α-hetero) is 1. The van der Waals surface area contributed by atoms with Gasteiger partial charge in [0.25, 0.3) is 0 Å². The number of pyridine rings is 1. The minimum Gasteiger partial charge on any atom is -0.433 e. The van der Waals surface area contributed by atoms with E-state index >= 15 is 0 Å². The predicted molar refractivity (Wildman–Crippen MR) is 110 cm³/mol. The van der Waals surface area contributed by atoms with E-state index in [0.717, 1.165) is 6.20 Å². The molecule has 0 amide bonds. The molecule has 2 aromatic rings. The minimum absolute atomic E-state index is 0.0412. The molecular formula is C21H20F3N3O3S. The second-order valence-corrected chi connectivity index (χ2v) is 8.52. The van der Waals surface area contributed by atoms with Crippen molar-refractivity contribution in [2.75, 3.05) is 12.4 Å². The van der Waals surface area contributed by atoms with Gasteiger partial charge in [-0.25, -0.2) is 14.4 Å². The Morgan fingerprint density at radius 3 is 2.90 bits per heavy atom. The second kappa shape index (κ2) is 8.51. The Hall–Kier alpha value is -2.59. The molecule has 0 saturated carbocycles. The number of nitrogens with zero attached hydrogens (tertiary/aromatic N) is 2. The smallest absolute Gasteiger partial charge is 0.387 e. The van der Waals surface area contributed by atoms with Gasteiger partial charge in [-0.05, 0) is 36.8 Å². The number of rotatable bonds is 6. The Balaban J connectivity index is 1.60. The van der Waals surface area contributed by atoms with Crippen molar-refractivity contribution < 1.29 is 27.4 Å². The Morgan fingerprint density at radius 1 is 1.39 bits per heavy atom. The summed E-state index contributed by atoms with van der Waals surface area (Å²) in [5.41, 5.74) is 6.06. The van der Waals surface area contributed by atoms with Crippen LogP contribution in [-0.2, 0) is 16.7 Å². The number of ether oxygens (including phenoxy) is 2. The summed E-state index contributed by atoms with van der Waals surface area (Å²) < 4.78 is 49.5. The molecule has 0 spiro atoms. The van der Waals surface area contributed by atoms with Crippen LogP contribution in [0.3, 0.4) is 0 Å². The molecule has 2 aliphatic rings. The first kappa shape index (κ1) is 21.6. The molecular weight excluding hydrogens is 431 g/mol. The lowest BCUT2D eigenvalue weighted by atomic mass is 9.78. The number of halogens is 3. The number of amidine groups is 1. The number of fused-ring (bicyclic) bond motifs is 1. The molecule has 3 atom stereocenters. The summed E-state index contributed by atoms with van der Waals surface area (Å²) in [6, 6.07) is 7.03. The van der Waals surface area contributed by atoms with Crippen LogP contribution in [0.25, 0.3) is 0 Å². The van der Waals surface area contributed by atoms with Gasteiger partial charge in [0.1, 0.15) is 22.8 Å². The van der Waals surface area contributed by atoms with Gasteiger partial charge in [0.05, 0.1) is 18.9 Å². The Bertz CT molecular complexity index is 1020. The van der Waals surface area contributed by atoms with Crippen LogP contribution in [0.2, 0.25) is 0 Å². The van der Waals surface area contributed by atoms with Crippen LogP contribution < -0.4 is 10.5 Å². The number of aliphatic imine (C=N–C) groups is 1. The molecule has 10 heteroatoms. The van der Waals surface area contributed by atoms with Crippen molar-refractivity contribution in [1.29, 1.82) is 0 Å². The number of hydrogen-bond donors (Lipinski definition) is 1. The largest absolute Gasteiger partial charge is 0.433 e. The molecule has 0 radical (unpaired) electrons. The fraction of sp³-hybridized carbons (Fsp3) is 0.381. The second-order valence-electron chi connectivity index (χ2n) is 7.48. The summed E-state index contributed by atoms with van der Waals surface area (Å²) in [7, 11) is 0. The molecule has 3 heterocycles. The number of thioether (sulfide) groups is 1. The third kappa shape index (κ3) is 4.27. The van der Waals surface area contributed by atoms with Gasteiger partial charge in [-0.3, -0.25) is 4.79 Å². The van der Waals surface area contributed by atoms with Crippen molar-refractivity contribution in [3.05, 3.63) is 59.2 Å². The summed E-state index contributed by atoms with van der Waals surface area (Å²) in [4.78, 5) is 21.1. The summed E-state index contributed by atoms with van der Waals surface area (Å²) in [5.74, 6) is -0.297. The van der Waals surface area contributed by atoms with E-state index in [4.69, 9.17) is 10.5 Å². The van der Waals surface area contributed by atoms with Crippen LogP contribution in [0.4, 0.5) is 13.2 Å². The van der Waals surface area contributed by atoms with E-state index in [2.05, 4.69) is 14.7 Å². The van der Waals surface area contributed by atoms with Crippen molar-refractivity contribution in [3.63, 3.8) is 0 Å². The highest BCUT2D eigenvalue weighted by Gasteiger charge is 2.52. The van der Waals surface area contributed by atoms with E-state index < -0.39 is 18.0 Å². The zero-order valence-electron chi connectivity index (χ0n) is 16.6. The molecule has 4 rings (SSSR count). The molecule has 2 N–H and O–H groups in total. The number of carbonyl (C=O) groups is 1. The average molecular weight is 451 g/mol. The molecule has 6 nitrogen and oxygen atoms in total. The van der Waals surface area contributed by atoms with Crippen LogP contribution in [0.15, 0.2) is 41.5 Å². The van der Waals surface area contributed by atoms with Crippen molar-refractivity contribution in [3.8, 4) is 5.75 Å². The van der Waals surface area contributed by atoms with Gasteiger partial charge in [0, 0.05) is 23.7 Å². The average Bonchev–Trinajstić information content (AvgIpc) is 3.06. The van der Waals surface area contributed by atoms with Gasteiger partial charge < -0.3 is 15.2 Å². The minimum atomic E-state index is -2.97. The first-order chi connectivity index (χ1) is 14.8. The van der Waals surface area contributed by atoms with Crippen LogP contribution in [0.1, 0.15) is 28.5 Å². The number of aromatic nitrogens is 1. The normalized spacial score (nSPS) is 25.3. The molecule has 1 aromatic carbocycles. The maximum absolute atomic E-state index is 14.9. The molecule has 1 saturated heterocycles. The highest BCUT2D eigenvalue weighted by atomic mass is 32.2. The number of hydrogen-bond acceptors (Lipinski definition) is 7. The Morgan fingerprint density at radius 2 is 2.19 bits per heavy atom. The first-order valence-corrected chi connectivity index (χ1v) is 10.6. The van der Waals surface area contributed by atoms with Crippen LogP contribution >= 0.6 is 11.8 Å². The zero-order valence-corrected chi connectivity index (χ0v) is 17.4. The van der Waals surface area contributed by atoms with E-state index in [1.165, 1.54) is 36.0 Å². The number of benzene rings is 1. The molecule has 2 aliphatic heterocycles. The van der Waals surface area contributed by atoms with Crippen molar-refractivity contribution >= 4 is 22.7 Å². The lowest BCUT2D eigenvalue weighted by Crippen LogP contribution is -2.41. The standard InChI is InChI=1S/C21H20F3N3O3S/c1-11-15-9-31-20(25)27-21(15,10-29-11)14-6-12(2-4-16(14)22)7-18(28)17-5-3-13(8-26-17)30-19(23)24/h2-6,8,11,15,19H,7,9-10H2,1H3,(H2,25,27)/t11-,15-,21-/m1/s1. The third-order valence-corrected chi connectivity index (χ3v) is 6.49. The van der Waals surface area contributed by atoms with Gasteiger partial charge in [-0.1, -0.05) is 17.8 Å². The first-order valence-electron chi connectivity index (χ1n) is 9.61. The monoisotopic (exact) mass is 451 g/mol. The van der Waals surface area contributed by atoms with Crippen LogP contribution in [0.5, 0.6) is 5.75 Å². The summed E-state index contributed by atoms with van der Waals surface area (Å²) in [5, 5.41) is 0.380. The fourth-order valence-electron chi connectivity index (χ4n) is 4.01. The SMILES string of the molecule is C[C@H]1OC[C@]2(c3cc(CC(=O)c4ccc(OC(F)F)cn4)ccc3F)N=C(N)SC[C@H]12. The lowest BCUT2D eigenvalue weighted by Gasteiger charge is -2.35. The molecule has 0 aliphatic carbocycles. The quantitative estimate of drug-likeness (QED) is 0.676. The molecule has 1 fully saturated rings. The third-order valence-electron chi connectivity index (χ3n) is 5.58. The maximum atomic E-state index is 14.9. The summed E-state index contributed by atoms with van der Waals surface area (Å²) in [6.45, 7) is -0.828. The van der Waals surface area contributed by atoms with E-state index in [1.807, 2.05) is 6.92 Å². The number of ketones is 1. The predicted octanol–water partition coefficient (Wildman–Crippen LogP) is 3.54. The highest BCUT2D eigenvalue weighted by Crippen LogP contribution is 2.48. The van der Waals surface area contributed by atoms with Gasteiger partial charge >= 0.3 is 6.61 Å². The molecule has 164 valence electrons. The molecule has 1 aromatic heterocycles. The van der Waals surface area contributed by atoms with E-state index in [0.29, 0.717) is 22.0 Å². The summed E-state index contributed by atoms with van der Waals surface area (Å²) in [6.07, 6.45) is 0.917. The van der Waals surface area contributed by atoms with Crippen molar-refractivity contribution in [2.45, 2.75) is 31.6 Å². The van der Waals surface area contributed by atoms with E-state index in [-0.39, 0.29) is 42.3 Å². The fourth-order valence-corrected chi connectivity index (χ4v) is 5.13. The molecule has 0 bridgehead atoms. The lowest BCUT2D eigenvalue weighted by molar-refractivity contribution is -0.0500. The number of alkyl halides is 2. The molecule has 31 heavy (non-hydrogen) atoms. The van der Waals surface area contributed by atoms with Gasteiger partial charge in [0.15, 0.2) is 11.0 Å². The van der Waals surface area contributed by atoms with E-state index in [1.54, 1.807) is 6.07 Å².